The highest BCUT2D eigenvalue weighted by Crippen LogP contribution is 2.17. The van der Waals surface area contributed by atoms with E-state index in [1.54, 1.807) is 0 Å². The van der Waals surface area contributed by atoms with Crippen molar-refractivity contribution in [3.8, 4) is 0 Å². The minimum Gasteiger partial charge on any atom is -0.337 e. The molecule has 4 N–H and O–H groups in total. The zero-order valence-electron chi connectivity index (χ0n) is 5.90. The number of nitrogens with one attached hydrogen (secondary N) is 2. The van der Waals surface area contributed by atoms with E-state index >= 15 is 0 Å². The molecule has 60 valence electrons. The Labute approximate surface area is 66.4 Å². The third-order valence-electron chi connectivity index (χ3n) is 1.49. The van der Waals surface area contributed by atoms with E-state index in [1.807, 2.05) is 0 Å². The average Bonchev–Trinajstić information content (AvgIpc) is 2.48. The molecule has 0 amide bonds. The van der Waals surface area contributed by atoms with Crippen molar-refractivity contribution in [2.45, 2.75) is 0 Å². The molecule has 7 nitrogen and oxygen atoms in total. The quantitative estimate of drug-likeness (QED) is 0.449. The summed E-state index contributed by atoms with van der Waals surface area (Å²) in [6, 6.07) is 0. The number of nitrogens with two attached hydrogens (primary N) is 1. The van der Waals surface area contributed by atoms with Crippen molar-refractivity contribution in [3.05, 3.63) is 16.9 Å². The summed E-state index contributed by atoms with van der Waals surface area (Å²) < 4.78 is 0.237. The van der Waals surface area contributed by atoms with Crippen molar-refractivity contribution in [1.29, 1.82) is 5.41 Å². The Bertz CT molecular complexity index is 402. The first kappa shape index (κ1) is 6.65. The van der Waals surface area contributed by atoms with E-state index in [2.05, 4.69) is 15.0 Å². The molecule has 0 spiro atoms. The van der Waals surface area contributed by atoms with Gasteiger partial charge in [-0.2, -0.15) is 5.41 Å². The third kappa shape index (κ3) is 0.669. The first-order valence-corrected chi connectivity index (χ1v) is 3.14. The number of amidine groups is 1. The molecule has 0 unspecified atom stereocenters. The summed E-state index contributed by atoms with van der Waals surface area (Å²) in [6.07, 6.45) is 1.36. The molecule has 1 aliphatic heterocycles. The molecule has 12 heavy (non-hydrogen) atoms. The SMILES string of the molecule is N=C1c2[nH]cnc2N=C(N)[N+]1=O. The number of hydrogen-bond acceptors (Lipinski definition) is 5. The molecular weight excluding hydrogens is 160 g/mol. The van der Waals surface area contributed by atoms with Crippen LogP contribution in [0.15, 0.2) is 11.3 Å². The summed E-state index contributed by atoms with van der Waals surface area (Å²) in [5, 5.41) is 7.30. The molecule has 0 aromatic carbocycles. The number of H-pyrrole nitrogens is 1. The first-order chi connectivity index (χ1) is 5.70. The van der Waals surface area contributed by atoms with Crippen LogP contribution in [0.1, 0.15) is 5.69 Å². The molecule has 2 heterocycles. The van der Waals surface area contributed by atoms with Gasteiger partial charge in [0.15, 0.2) is 5.69 Å². The Hall–Kier alpha value is -2.05. The summed E-state index contributed by atoms with van der Waals surface area (Å²) in [6.45, 7) is 0. The van der Waals surface area contributed by atoms with Crippen LogP contribution in [0.25, 0.3) is 0 Å². The van der Waals surface area contributed by atoms with Crippen LogP contribution in [-0.2, 0) is 0 Å². The monoisotopic (exact) mass is 165 g/mol. The third-order valence-corrected chi connectivity index (χ3v) is 1.49. The van der Waals surface area contributed by atoms with Crippen LogP contribution >= 0.6 is 0 Å². The first-order valence-electron chi connectivity index (χ1n) is 3.14. The summed E-state index contributed by atoms with van der Waals surface area (Å²) in [5.74, 6) is -0.251. The zero-order chi connectivity index (χ0) is 8.72. The standard InChI is InChI=1S/C5H5N6O/c6-3-2-4(9-1-8-2)10-5(7)11(3)12/h1,6H,(H2,7,10)(H,8,9)/q+1. The number of aliphatic imine (C=N–C) groups is 1. The highest BCUT2D eigenvalue weighted by atomic mass is 16.3. The van der Waals surface area contributed by atoms with Crippen LogP contribution in [0.2, 0.25) is 0 Å². The molecule has 1 aliphatic rings. The van der Waals surface area contributed by atoms with E-state index in [1.165, 1.54) is 6.33 Å². The van der Waals surface area contributed by atoms with Gasteiger partial charge in [-0.1, -0.05) is 4.99 Å². The minimum atomic E-state index is -0.269. The number of imidazole rings is 1. The highest BCUT2D eigenvalue weighted by Gasteiger charge is 2.30. The van der Waals surface area contributed by atoms with Crippen LogP contribution < -0.4 is 5.73 Å². The number of rotatable bonds is 0. The van der Waals surface area contributed by atoms with Crippen LogP contribution in [-0.4, -0.2) is 26.5 Å². The summed E-state index contributed by atoms with van der Waals surface area (Å²) in [5.41, 5.74) is 5.50. The maximum atomic E-state index is 11.0. The van der Waals surface area contributed by atoms with Gasteiger partial charge >= 0.3 is 5.96 Å². The van der Waals surface area contributed by atoms with Gasteiger partial charge in [-0.3, -0.25) is 0 Å². The van der Waals surface area contributed by atoms with Crippen LogP contribution in [0, 0.1) is 10.3 Å². The molecule has 1 aromatic rings. The van der Waals surface area contributed by atoms with E-state index in [0.29, 0.717) is 5.69 Å². The lowest BCUT2D eigenvalue weighted by atomic mass is 10.3. The predicted octanol–water partition coefficient (Wildman–Crippen LogP) is -0.526. The summed E-state index contributed by atoms with van der Waals surface area (Å²) in [7, 11) is 0. The number of fused-ring (bicyclic) bond motifs is 1. The summed E-state index contributed by atoms with van der Waals surface area (Å²) in [4.78, 5) is 21.0. The Morgan fingerprint density at radius 3 is 3.17 bits per heavy atom. The van der Waals surface area contributed by atoms with E-state index in [4.69, 9.17) is 11.1 Å². The lowest BCUT2D eigenvalue weighted by molar-refractivity contribution is -0.299. The molecule has 7 heteroatoms. The van der Waals surface area contributed by atoms with Crippen molar-refractivity contribution in [3.63, 3.8) is 0 Å². The molecular formula is C5H5N6O+. The fourth-order valence-electron chi connectivity index (χ4n) is 0.916. The molecule has 0 bridgehead atoms. The summed E-state index contributed by atoms with van der Waals surface area (Å²) >= 11 is 0. The van der Waals surface area contributed by atoms with Gasteiger partial charge in [-0.25, -0.2) is 4.98 Å². The molecule has 0 saturated carbocycles. The molecule has 0 radical (unpaired) electrons. The average molecular weight is 165 g/mol. The van der Waals surface area contributed by atoms with Gasteiger partial charge in [0, 0.05) is 4.76 Å². The van der Waals surface area contributed by atoms with Crippen molar-refractivity contribution >= 4 is 17.6 Å². The largest absolute Gasteiger partial charge is 0.388 e. The highest BCUT2D eigenvalue weighted by molar-refractivity contribution is 6.01. The molecule has 2 rings (SSSR count). The number of aromatic amines is 1. The molecule has 1 aromatic heterocycles. The lowest BCUT2D eigenvalue weighted by Gasteiger charge is -2.00. The smallest absolute Gasteiger partial charge is 0.337 e. The lowest BCUT2D eigenvalue weighted by Crippen LogP contribution is -2.34. The van der Waals surface area contributed by atoms with Crippen molar-refractivity contribution in [2.75, 3.05) is 0 Å². The topological polar surface area (TPSA) is 111 Å². The Balaban J connectivity index is 2.68. The van der Waals surface area contributed by atoms with E-state index in [9.17, 15) is 4.91 Å². The minimum absolute atomic E-state index is 0.237. The van der Waals surface area contributed by atoms with Gasteiger partial charge < -0.3 is 10.7 Å². The number of nitrogens with zero attached hydrogens (tertiary/aromatic N) is 3. The Morgan fingerprint density at radius 2 is 2.42 bits per heavy atom. The van der Waals surface area contributed by atoms with Crippen molar-refractivity contribution in [2.24, 2.45) is 10.7 Å². The second kappa shape index (κ2) is 1.97. The van der Waals surface area contributed by atoms with E-state index in [-0.39, 0.29) is 22.4 Å². The normalized spacial score (nSPS) is 15.8. The fraction of sp³-hybridized carbons (Fsp3) is 0. The van der Waals surface area contributed by atoms with Crippen LogP contribution in [0.4, 0.5) is 5.82 Å². The van der Waals surface area contributed by atoms with Crippen LogP contribution in [0.5, 0.6) is 0 Å². The van der Waals surface area contributed by atoms with Gasteiger partial charge in [0.2, 0.25) is 5.82 Å². The zero-order valence-corrected chi connectivity index (χ0v) is 5.90. The van der Waals surface area contributed by atoms with Crippen molar-refractivity contribution in [1.82, 2.24) is 9.97 Å². The second-order valence-corrected chi connectivity index (χ2v) is 2.21. The van der Waals surface area contributed by atoms with Gasteiger partial charge in [-0.15, -0.1) is 4.91 Å². The van der Waals surface area contributed by atoms with Gasteiger partial charge in [0.1, 0.15) is 0 Å². The van der Waals surface area contributed by atoms with Crippen molar-refractivity contribution < 1.29 is 4.76 Å². The predicted molar refractivity (Wildman–Crippen MR) is 40.3 cm³/mol. The molecule has 0 aliphatic carbocycles. The van der Waals surface area contributed by atoms with Gasteiger partial charge in [0.25, 0.3) is 5.84 Å². The molecule has 0 atom stereocenters. The fourth-order valence-corrected chi connectivity index (χ4v) is 0.916. The number of hydrogen-bond donors (Lipinski definition) is 3. The van der Waals surface area contributed by atoms with E-state index in [0.717, 1.165) is 0 Å². The van der Waals surface area contributed by atoms with E-state index < -0.39 is 0 Å². The van der Waals surface area contributed by atoms with Crippen LogP contribution in [0.3, 0.4) is 0 Å². The molecule has 0 fully saturated rings. The number of nitroso groups, excluding NO2 is 1. The van der Waals surface area contributed by atoms with Gasteiger partial charge in [0.05, 0.1) is 6.33 Å². The Morgan fingerprint density at radius 1 is 1.67 bits per heavy atom. The number of aromatic nitrogens is 2. The maximum absolute atomic E-state index is 11.0. The number of guanidine groups is 1. The van der Waals surface area contributed by atoms with Gasteiger partial charge in [-0.05, 0) is 0 Å². The maximum Gasteiger partial charge on any atom is 0.388 e. The molecule has 0 saturated heterocycles. The second-order valence-electron chi connectivity index (χ2n) is 2.21. The Kier molecular flexibility index (Phi) is 1.09.